The number of hydrogen-bond acceptors (Lipinski definition) is 6. The van der Waals surface area contributed by atoms with Crippen LogP contribution in [0.15, 0.2) is 109 Å². The van der Waals surface area contributed by atoms with E-state index in [4.69, 9.17) is 14.2 Å². The van der Waals surface area contributed by atoms with Gasteiger partial charge in [0.25, 0.3) is 0 Å². The largest absolute Gasteiger partial charge is 0.462 e. The molecule has 0 spiro atoms. The third kappa shape index (κ3) is 49.1. The first-order chi connectivity index (χ1) is 31.5. The fourth-order valence-corrected chi connectivity index (χ4v) is 6.69. The van der Waals surface area contributed by atoms with Gasteiger partial charge in [0.1, 0.15) is 13.2 Å². The molecule has 0 N–H and O–H groups in total. The van der Waals surface area contributed by atoms with Crippen molar-refractivity contribution < 1.29 is 28.6 Å². The van der Waals surface area contributed by atoms with Gasteiger partial charge in [-0.1, -0.05) is 207 Å². The predicted molar refractivity (Wildman–Crippen MR) is 274 cm³/mol. The summed E-state index contributed by atoms with van der Waals surface area (Å²) in [5.74, 6) is -0.944. The summed E-state index contributed by atoms with van der Waals surface area (Å²) in [6, 6.07) is 0. The van der Waals surface area contributed by atoms with Crippen LogP contribution in [0.25, 0.3) is 0 Å². The maximum Gasteiger partial charge on any atom is 0.306 e. The fourth-order valence-electron chi connectivity index (χ4n) is 6.69. The Morgan fingerprint density at radius 2 is 0.609 bits per heavy atom. The van der Waals surface area contributed by atoms with Crippen LogP contribution in [0.5, 0.6) is 0 Å². The van der Waals surface area contributed by atoms with Crippen molar-refractivity contribution in [3.05, 3.63) is 109 Å². The molecule has 362 valence electrons. The zero-order valence-corrected chi connectivity index (χ0v) is 41.3. The summed E-state index contributed by atoms with van der Waals surface area (Å²) in [6.07, 6.45) is 69.5. The van der Waals surface area contributed by atoms with Crippen molar-refractivity contribution in [2.75, 3.05) is 13.2 Å². The lowest BCUT2D eigenvalue weighted by atomic mass is 10.1. The highest BCUT2D eigenvalue weighted by Crippen LogP contribution is 2.13. The smallest absolute Gasteiger partial charge is 0.306 e. The van der Waals surface area contributed by atoms with Gasteiger partial charge in [-0.15, -0.1) is 0 Å². The molecule has 6 nitrogen and oxygen atoms in total. The average molecular weight is 887 g/mol. The summed E-state index contributed by atoms with van der Waals surface area (Å²) >= 11 is 0. The Labute approximate surface area is 393 Å². The summed E-state index contributed by atoms with van der Waals surface area (Å²) in [5, 5.41) is 0. The van der Waals surface area contributed by atoms with E-state index < -0.39 is 6.10 Å². The van der Waals surface area contributed by atoms with Crippen LogP contribution >= 0.6 is 0 Å². The molecule has 0 aliphatic carbocycles. The molecule has 1 unspecified atom stereocenters. The molecular weight excluding hydrogens is 793 g/mol. The average Bonchev–Trinajstić information content (AvgIpc) is 3.29. The highest BCUT2D eigenvalue weighted by Gasteiger charge is 2.19. The van der Waals surface area contributed by atoms with Crippen LogP contribution in [-0.2, 0) is 28.6 Å². The van der Waals surface area contributed by atoms with Crippen LogP contribution in [0.4, 0.5) is 0 Å². The Hall–Kier alpha value is -3.93. The lowest BCUT2D eigenvalue weighted by Crippen LogP contribution is -2.30. The Morgan fingerprint density at radius 1 is 0.328 bits per heavy atom. The number of carbonyl (C=O) groups is 3. The highest BCUT2D eigenvalue weighted by atomic mass is 16.6. The molecule has 0 fully saturated rings. The van der Waals surface area contributed by atoms with Gasteiger partial charge in [0.05, 0.1) is 0 Å². The SMILES string of the molecule is CC/C=C\C/C=C\C/C=C\C/C=C\C/C=C\C/C=C\CCCCCCC(=O)OCC(COC(=O)CCCCCCCC)OC(=O)CCCCCCCCC/C=C\C/C=C\C/C=C\CC. The lowest BCUT2D eigenvalue weighted by molar-refractivity contribution is -0.167. The van der Waals surface area contributed by atoms with Crippen molar-refractivity contribution in [2.24, 2.45) is 0 Å². The van der Waals surface area contributed by atoms with E-state index in [1.807, 2.05) is 0 Å². The minimum Gasteiger partial charge on any atom is -0.462 e. The molecule has 0 aromatic carbocycles. The molecule has 0 aromatic heterocycles. The summed E-state index contributed by atoms with van der Waals surface area (Å²) < 4.78 is 16.7. The zero-order chi connectivity index (χ0) is 46.5. The number of allylic oxidation sites excluding steroid dienone is 18. The summed E-state index contributed by atoms with van der Waals surface area (Å²) in [5.41, 5.74) is 0. The Kier molecular flexibility index (Phi) is 48.5. The molecule has 0 heterocycles. The number of carbonyl (C=O) groups excluding carboxylic acids is 3. The third-order valence-corrected chi connectivity index (χ3v) is 10.5. The quantitative estimate of drug-likeness (QED) is 0.0262. The van der Waals surface area contributed by atoms with Crippen LogP contribution in [-0.4, -0.2) is 37.2 Å². The van der Waals surface area contributed by atoms with Crippen molar-refractivity contribution in [2.45, 2.75) is 226 Å². The first-order valence-electron chi connectivity index (χ1n) is 25.9. The van der Waals surface area contributed by atoms with E-state index in [0.717, 1.165) is 135 Å². The van der Waals surface area contributed by atoms with E-state index in [9.17, 15) is 14.4 Å². The fraction of sp³-hybridized carbons (Fsp3) is 0.638. The van der Waals surface area contributed by atoms with Gasteiger partial charge in [0, 0.05) is 19.3 Å². The standard InChI is InChI=1S/C58H94O6/c1-4-7-10-13-16-18-20-22-24-26-27-28-29-30-31-33-34-36-38-40-42-45-48-51-57(60)63-54-55(53-62-56(59)50-47-44-15-12-9-6-3)64-58(61)52-49-46-43-41-39-37-35-32-25-23-21-19-17-14-11-8-5-2/h7-8,10-11,16-19,22-25,27-28,30-31,34,36,55H,4-6,9,12-15,20-21,26,29,32-33,35,37-54H2,1-3H3/b10-7-,11-8-,18-16-,19-17-,24-22-,25-23-,28-27-,31-30-,36-34-. The third-order valence-electron chi connectivity index (χ3n) is 10.5. The predicted octanol–water partition coefficient (Wildman–Crippen LogP) is 17.1. The van der Waals surface area contributed by atoms with Crippen molar-refractivity contribution in [1.29, 1.82) is 0 Å². The van der Waals surface area contributed by atoms with Crippen molar-refractivity contribution in [1.82, 2.24) is 0 Å². The van der Waals surface area contributed by atoms with Gasteiger partial charge in [-0.3, -0.25) is 14.4 Å². The van der Waals surface area contributed by atoms with Gasteiger partial charge in [-0.2, -0.15) is 0 Å². The lowest BCUT2D eigenvalue weighted by Gasteiger charge is -2.18. The van der Waals surface area contributed by atoms with E-state index >= 15 is 0 Å². The summed E-state index contributed by atoms with van der Waals surface area (Å²) in [4.78, 5) is 37.8. The van der Waals surface area contributed by atoms with Crippen LogP contribution in [0.2, 0.25) is 0 Å². The molecule has 1 atom stereocenters. The Bertz CT molecular complexity index is 1340. The molecule has 0 amide bonds. The molecule has 0 saturated heterocycles. The second-order valence-electron chi connectivity index (χ2n) is 16.7. The number of hydrogen-bond donors (Lipinski definition) is 0. The van der Waals surface area contributed by atoms with Gasteiger partial charge >= 0.3 is 17.9 Å². The summed E-state index contributed by atoms with van der Waals surface area (Å²) in [6.45, 7) is 6.31. The molecule has 0 rings (SSSR count). The van der Waals surface area contributed by atoms with E-state index in [1.54, 1.807) is 0 Å². The van der Waals surface area contributed by atoms with Gasteiger partial charge in [-0.05, 0) is 103 Å². The molecule has 0 saturated carbocycles. The first-order valence-corrected chi connectivity index (χ1v) is 25.9. The van der Waals surface area contributed by atoms with Gasteiger partial charge in [0.15, 0.2) is 6.10 Å². The van der Waals surface area contributed by atoms with E-state index in [2.05, 4.69) is 130 Å². The van der Waals surface area contributed by atoms with Gasteiger partial charge in [-0.25, -0.2) is 0 Å². The number of rotatable bonds is 45. The Morgan fingerprint density at radius 3 is 0.953 bits per heavy atom. The monoisotopic (exact) mass is 887 g/mol. The van der Waals surface area contributed by atoms with Gasteiger partial charge < -0.3 is 14.2 Å². The van der Waals surface area contributed by atoms with Crippen LogP contribution < -0.4 is 0 Å². The first kappa shape index (κ1) is 60.1. The van der Waals surface area contributed by atoms with Gasteiger partial charge in [0.2, 0.25) is 0 Å². The molecular formula is C58H94O6. The molecule has 6 heteroatoms. The maximum atomic E-state index is 12.8. The van der Waals surface area contributed by atoms with Crippen molar-refractivity contribution >= 4 is 17.9 Å². The topological polar surface area (TPSA) is 78.9 Å². The molecule has 0 aliphatic rings. The Balaban J connectivity index is 4.29. The van der Waals surface area contributed by atoms with Crippen LogP contribution in [0.1, 0.15) is 220 Å². The van der Waals surface area contributed by atoms with Crippen LogP contribution in [0.3, 0.4) is 0 Å². The normalized spacial score (nSPS) is 13.0. The maximum absolute atomic E-state index is 12.8. The van der Waals surface area contributed by atoms with E-state index in [1.165, 1.54) is 44.9 Å². The number of ether oxygens (including phenoxy) is 3. The zero-order valence-electron chi connectivity index (χ0n) is 41.3. The number of unbranched alkanes of at least 4 members (excludes halogenated alkanes) is 16. The molecule has 64 heavy (non-hydrogen) atoms. The highest BCUT2D eigenvalue weighted by molar-refractivity contribution is 5.71. The second kappa shape index (κ2) is 51.7. The minimum atomic E-state index is -0.792. The van der Waals surface area contributed by atoms with Crippen molar-refractivity contribution in [3.63, 3.8) is 0 Å². The van der Waals surface area contributed by atoms with E-state index in [0.29, 0.717) is 19.3 Å². The van der Waals surface area contributed by atoms with Crippen LogP contribution in [0, 0.1) is 0 Å². The van der Waals surface area contributed by atoms with Crippen molar-refractivity contribution in [3.8, 4) is 0 Å². The summed E-state index contributed by atoms with van der Waals surface area (Å²) in [7, 11) is 0. The molecule has 0 aromatic rings. The molecule has 0 aliphatic heterocycles. The molecule has 0 radical (unpaired) electrons. The minimum absolute atomic E-state index is 0.0924. The number of esters is 3. The molecule has 0 bridgehead atoms. The second-order valence-corrected chi connectivity index (χ2v) is 16.7. The van der Waals surface area contributed by atoms with E-state index in [-0.39, 0.29) is 31.1 Å².